The molecular weight excluding hydrogens is 323 g/mol. The Hall–Kier alpha value is -1.92. The molecule has 0 unspecified atom stereocenters. The molecule has 0 saturated carbocycles. The average molecular weight is 345 g/mol. The van der Waals surface area contributed by atoms with E-state index in [-0.39, 0.29) is 24.4 Å². The van der Waals surface area contributed by atoms with E-state index in [9.17, 15) is 18.0 Å². The Kier molecular flexibility index (Phi) is 5.62. The van der Waals surface area contributed by atoms with Gasteiger partial charge in [-0.2, -0.15) is 0 Å². The molecule has 0 spiro atoms. The number of benzene rings is 1. The summed E-state index contributed by atoms with van der Waals surface area (Å²) in [5, 5.41) is 0. The van der Waals surface area contributed by atoms with Crippen LogP contribution in [0, 0.1) is 23.4 Å². The zero-order chi connectivity index (χ0) is 17.9. The van der Waals surface area contributed by atoms with Crippen molar-refractivity contribution in [3.05, 3.63) is 29.6 Å². The van der Waals surface area contributed by atoms with E-state index < -0.39 is 23.1 Å². The molecule has 1 fully saturated rings. The molecule has 0 aliphatic carbocycles. The fraction of sp³-hybridized carbons (Fsp3) is 0.588. The summed E-state index contributed by atoms with van der Waals surface area (Å²) in [6, 6.07) is 1.18. The van der Waals surface area contributed by atoms with Crippen LogP contribution in [0.4, 0.5) is 18.0 Å². The first-order chi connectivity index (χ1) is 11.2. The van der Waals surface area contributed by atoms with Crippen molar-refractivity contribution in [1.29, 1.82) is 0 Å². The number of likely N-dealkylation sites (tertiary alicyclic amines) is 1. The molecule has 24 heavy (non-hydrogen) atoms. The highest BCUT2D eigenvalue weighted by molar-refractivity contribution is 5.68. The summed E-state index contributed by atoms with van der Waals surface area (Å²) >= 11 is 0. The van der Waals surface area contributed by atoms with Crippen LogP contribution in [-0.4, -0.2) is 36.3 Å². The van der Waals surface area contributed by atoms with Crippen molar-refractivity contribution in [1.82, 2.24) is 4.90 Å². The second-order valence-electron chi connectivity index (χ2n) is 6.92. The molecule has 7 heteroatoms. The Morgan fingerprint density at radius 3 is 2.29 bits per heavy atom. The van der Waals surface area contributed by atoms with E-state index in [0.717, 1.165) is 0 Å². The number of carbonyl (C=O) groups is 1. The van der Waals surface area contributed by atoms with E-state index in [4.69, 9.17) is 9.47 Å². The predicted octanol–water partition coefficient (Wildman–Crippen LogP) is 4.13. The van der Waals surface area contributed by atoms with Crippen LogP contribution < -0.4 is 4.74 Å². The summed E-state index contributed by atoms with van der Waals surface area (Å²) in [4.78, 5) is 13.6. The minimum atomic E-state index is -1.24. The van der Waals surface area contributed by atoms with Gasteiger partial charge in [-0.25, -0.2) is 18.0 Å². The van der Waals surface area contributed by atoms with E-state index in [1.165, 1.54) is 0 Å². The quantitative estimate of drug-likeness (QED) is 0.773. The maximum absolute atomic E-state index is 13.5. The third-order valence-electron chi connectivity index (χ3n) is 3.72. The Balaban J connectivity index is 1.81. The number of ether oxygens (including phenoxy) is 2. The van der Waals surface area contributed by atoms with Crippen molar-refractivity contribution in [3.63, 3.8) is 0 Å². The van der Waals surface area contributed by atoms with Crippen molar-refractivity contribution in [2.24, 2.45) is 5.92 Å². The fourth-order valence-corrected chi connectivity index (χ4v) is 2.43. The lowest BCUT2D eigenvalue weighted by Crippen LogP contribution is -2.42. The molecule has 1 aromatic rings. The van der Waals surface area contributed by atoms with Gasteiger partial charge in [-0.1, -0.05) is 0 Å². The second kappa shape index (κ2) is 7.32. The van der Waals surface area contributed by atoms with E-state index in [1.807, 2.05) is 20.8 Å². The van der Waals surface area contributed by atoms with E-state index in [0.29, 0.717) is 38.1 Å². The molecule has 0 bridgehead atoms. The number of rotatable bonds is 3. The number of piperidine rings is 1. The summed E-state index contributed by atoms with van der Waals surface area (Å²) < 4.78 is 50.1. The van der Waals surface area contributed by atoms with E-state index >= 15 is 0 Å². The van der Waals surface area contributed by atoms with Gasteiger partial charge in [-0.15, -0.1) is 0 Å². The van der Waals surface area contributed by atoms with Gasteiger partial charge in [0.25, 0.3) is 0 Å². The number of halogens is 3. The highest BCUT2D eigenvalue weighted by Crippen LogP contribution is 2.24. The molecule has 1 aliphatic rings. The lowest BCUT2D eigenvalue weighted by Gasteiger charge is -2.33. The molecule has 0 aromatic heterocycles. The lowest BCUT2D eigenvalue weighted by atomic mass is 9.98. The van der Waals surface area contributed by atoms with Gasteiger partial charge < -0.3 is 14.4 Å². The van der Waals surface area contributed by atoms with Crippen LogP contribution in [0.1, 0.15) is 33.6 Å². The Bertz CT molecular complexity index is 593. The summed E-state index contributed by atoms with van der Waals surface area (Å²) in [6.07, 6.45) is 0.989. The van der Waals surface area contributed by atoms with Gasteiger partial charge in [-0.05, 0) is 39.5 Å². The highest BCUT2D eigenvalue weighted by atomic mass is 19.2. The van der Waals surface area contributed by atoms with Crippen molar-refractivity contribution >= 4 is 6.09 Å². The molecule has 0 atom stereocenters. The normalized spacial score (nSPS) is 16.2. The monoisotopic (exact) mass is 345 g/mol. The first-order valence-electron chi connectivity index (χ1n) is 7.91. The van der Waals surface area contributed by atoms with Gasteiger partial charge in [0.15, 0.2) is 23.2 Å². The number of hydrogen-bond acceptors (Lipinski definition) is 3. The highest BCUT2D eigenvalue weighted by Gasteiger charge is 2.27. The van der Waals surface area contributed by atoms with Gasteiger partial charge in [0.2, 0.25) is 0 Å². The molecule has 4 nitrogen and oxygen atoms in total. The van der Waals surface area contributed by atoms with Gasteiger partial charge in [-0.3, -0.25) is 0 Å². The molecule has 2 rings (SSSR count). The first kappa shape index (κ1) is 18.4. The Morgan fingerprint density at radius 2 is 1.71 bits per heavy atom. The van der Waals surface area contributed by atoms with Gasteiger partial charge in [0.1, 0.15) is 5.60 Å². The molecule has 1 aromatic carbocycles. The van der Waals surface area contributed by atoms with Crippen LogP contribution in [-0.2, 0) is 4.74 Å². The standard InChI is InChI=1S/C17H22F3NO3/c1-17(2,3)24-16(22)21-6-4-11(5-7-21)10-23-15-9-13(19)12(18)8-14(15)20/h8-9,11H,4-7,10H2,1-3H3. The molecular formula is C17H22F3NO3. The molecule has 134 valence electrons. The molecule has 1 aliphatic heterocycles. The largest absolute Gasteiger partial charge is 0.490 e. The second-order valence-corrected chi connectivity index (χ2v) is 6.92. The van der Waals surface area contributed by atoms with E-state index in [2.05, 4.69) is 0 Å². The maximum atomic E-state index is 13.5. The zero-order valence-electron chi connectivity index (χ0n) is 14.1. The first-order valence-corrected chi connectivity index (χ1v) is 7.91. The van der Waals surface area contributed by atoms with Gasteiger partial charge in [0.05, 0.1) is 6.61 Å². The number of nitrogens with zero attached hydrogens (tertiary/aromatic N) is 1. The lowest BCUT2D eigenvalue weighted by molar-refractivity contribution is 0.0164. The third-order valence-corrected chi connectivity index (χ3v) is 3.72. The van der Waals surface area contributed by atoms with Crippen LogP contribution in [0.3, 0.4) is 0 Å². The summed E-state index contributed by atoms with van der Waals surface area (Å²) in [5.74, 6) is -3.52. The van der Waals surface area contributed by atoms with Crippen molar-refractivity contribution in [2.45, 2.75) is 39.2 Å². The smallest absolute Gasteiger partial charge is 0.410 e. The van der Waals surface area contributed by atoms with Crippen LogP contribution in [0.15, 0.2) is 12.1 Å². The number of amides is 1. The Morgan fingerprint density at radius 1 is 1.12 bits per heavy atom. The summed E-state index contributed by atoms with van der Waals surface area (Å²) in [5.41, 5.74) is -0.540. The van der Waals surface area contributed by atoms with Crippen LogP contribution in [0.5, 0.6) is 5.75 Å². The molecule has 0 N–H and O–H groups in total. The Labute approximate surface area is 139 Å². The SMILES string of the molecule is CC(C)(C)OC(=O)N1CCC(COc2cc(F)c(F)cc2F)CC1. The topological polar surface area (TPSA) is 38.8 Å². The van der Waals surface area contributed by atoms with Crippen molar-refractivity contribution < 1.29 is 27.4 Å². The van der Waals surface area contributed by atoms with Crippen molar-refractivity contribution in [3.8, 4) is 5.75 Å². The number of carbonyl (C=O) groups excluding carboxylic acids is 1. The maximum Gasteiger partial charge on any atom is 0.410 e. The number of hydrogen-bond donors (Lipinski definition) is 0. The van der Waals surface area contributed by atoms with Gasteiger partial charge >= 0.3 is 6.09 Å². The van der Waals surface area contributed by atoms with Crippen LogP contribution in [0.25, 0.3) is 0 Å². The van der Waals surface area contributed by atoms with Gasteiger partial charge in [0, 0.05) is 25.2 Å². The average Bonchev–Trinajstić information content (AvgIpc) is 2.48. The van der Waals surface area contributed by atoms with Crippen LogP contribution in [0.2, 0.25) is 0 Å². The van der Waals surface area contributed by atoms with Crippen LogP contribution >= 0.6 is 0 Å². The predicted molar refractivity (Wildman–Crippen MR) is 82.3 cm³/mol. The summed E-state index contributed by atoms with van der Waals surface area (Å²) in [7, 11) is 0. The summed E-state index contributed by atoms with van der Waals surface area (Å²) in [6.45, 7) is 6.64. The zero-order valence-corrected chi connectivity index (χ0v) is 14.1. The minimum absolute atomic E-state index is 0.108. The molecule has 1 saturated heterocycles. The van der Waals surface area contributed by atoms with Crippen molar-refractivity contribution in [2.75, 3.05) is 19.7 Å². The molecule has 1 heterocycles. The third kappa shape index (κ3) is 5.04. The molecule has 0 radical (unpaired) electrons. The van der Waals surface area contributed by atoms with E-state index in [1.54, 1.807) is 4.90 Å². The molecule has 1 amide bonds. The minimum Gasteiger partial charge on any atom is -0.490 e. The fourth-order valence-electron chi connectivity index (χ4n) is 2.43.